The molecule has 2 bridgehead atoms. The van der Waals surface area contributed by atoms with E-state index < -0.39 is 23.6 Å². The van der Waals surface area contributed by atoms with E-state index in [4.69, 9.17) is 15.7 Å². The number of fused-ring (bicyclic) bond motifs is 2. The van der Waals surface area contributed by atoms with Crippen LogP contribution in [0.2, 0.25) is 0 Å². The Morgan fingerprint density at radius 2 is 1.57 bits per heavy atom. The molecule has 5 aromatic rings. The average Bonchev–Trinajstić information content (AvgIpc) is 4.01. The first-order valence-electron chi connectivity index (χ1n) is 26.9. The van der Waals surface area contributed by atoms with Crippen molar-refractivity contribution in [2.45, 2.75) is 134 Å². The molecule has 4 aliphatic heterocycles. The quantitative estimate of drug-likeness (QED) is 0.0838. The molecular formula is C56H73N13O5S. The Morgan fingerprint density at radius 1 is 0.867 bits per heavy atom. The number of aromatic nitrogens is 5. The number of amides is 3. The van der Waals surface area contributed by atoms with Crippen LogP contribution in [0.5, 0.6) is 5.75 Å². The number of aliphatic hydroxyl groups excluding tert-OH is 1. The number of nitrogens with zero attached hydrogens (tertiary/aromatic N) is 9. The minimum Gasteiger partial charge on any atom is -0.507 e. The number of anilines is 2. The number of β-amino-alcohol motifs (C(OH)–C–C–N with tert-alkyl or cyclic N) is 1. The van der Waals surface area contributed by atoms with Gasteiger partial charge in [0.15, 0.2) is 5.82 Å². The lowest BCUT2D eigenvalue weighted by atomic mass is 9.81. The van der Waals surface area contributed by atoms with Crippen molar-refractivity contribution in [3.8, 4) is 27.4 Å². The van der Waals surface area contributed by atoms with Crippen molar-refractivity contribution in [2.75, 3.05) is 63.0 Å². The van der Waals surface area contributed by atoms with Gasteiger partial charge in [-0.3, -0.25) is 24.2 Å². The summed E-state index contributed by atoms with van der Waals surface area (Å²) in [6, 6.07) is 16.8. The smallest absolute Gasteiger partial charge is 0.246 e. The maximum Gasteiger partial charge on any atom is 0.246 e. The highest BCUT2D eigenvalue weighted by Gasteiger charge is 2.43. The van der Waals surface area contributed by atoms with Crippen LogP contribution in [0.25, 0.3) is 21.7 Å². The predicted octanol–water partition coefficient (Wildman–Crippen LogP) is 5.22. The van der Waals surface area contributed by atoms with Gasteiger partial charge >= 0.3 is 0 Å². The Bertz CT molecular complexity index is 2780. The van der Waals surface area contributed by atoms with E-state index in [0.717, 1.165) is 111 Å². The number of aliphatic hydroxyl groups is 1. The van der Waals surface area contributed by atoms with Gasteiger partial charge in [0, 0.05) is 107 Å². The van der Waals surface area contributed by atoms with Crippen LogP contribution in [0.4, 0.5) is 11.5 Å². The largest absolute Gasteiger partial charge is 0.507 e. The molecule has 5 fully saturated rings. The number of nitrogens with one attached hydrogen (secondary N) is 3. The van der Waals surface area contributed by atoms with Crippen molar-refractivity contribution in [3.05, 3.63) is 95.1 Å². The third-order valence-corrected chi connectivity index (χ3v) is 17.3. The molecule has 75 heavy (non-hydrogen) atoms. The summed E-state index contributed by atoms with van der Waals surface area (Å²) in [5.74, 6) is 1.51. The summed E-state index contributed by atoms with van der Waals surface area (Å²) in [7, 11) is 0. The lowest BCUT2D eigenvalue weighted by molar-refractivity contribution is -0.141. The number of nitrogens with two attached hydrogens (primary N) is 1. The van der Waals surface area contributed by atoms with Crippen molar-refractivity contribution in [1.82, 2.24) is 55.8 Å². The number of piperidine rings is 1. The normalized spacial score (nSPS) is 24.9. The molecule has 19 heteroatoms. The van der Waals surface area contributed by atoms with Crippen LogP contribution in [-0.4, -0.2) is 156 Å². The maximum atomic E-state index is 14.3. The van der Waals surface area contributed by atoms with E-state index in [0.29, 0.717) is 42.0 Å². The van der Waals surface area contributed by atoms with E-state index in [1.54, 1.807) is 28.4 Å². The highest BCUT2D eigenvalue weighted by atomic mass is 32.1. The molecule has 10 rings (SSSR count). The standard InChI is InChI=1S/C56H73N13O5S/c1-34-51(75-33-61-34)37-11-9-35(10-12-37)26-58-49(72)24-43-23-44(70)31-69(43)55(74)52(56(2,3)4)63-50(73)32-66-17-19-67(20-18-66)42-15-13-36(14-16-42)39-27-59-54(60-28-39)38-21-40-29-68(30-41(22-38)62-40)47-25-46(64-65-53(47)57)45-7-5-6-8-48(45)71/h5-12,25,27-28,33,36,38,40-44,52,62,70-71H,13-24,26,29-32H2,1-4H3,(H2,57,65)(H,58,72)(H,63,73)/t36?,38?,40?,41?,42?,43-,44+,52?/m0/s1. The first-order chi connectivity index (χ1) is 36.1. The number of piperazine rings is 2. The van der Waals surface area contributed by atoms with E-state index >= 15 is 0 Å². The number of thiazole rings is 1. The van der Waals surface area contributed by atoms with Gasteiger partial charge in [-0.25, -0.2) is 15.0 Å². The predicted molar refractivity (Wildman–Crippen MR) is 290 cm³/mol. The van der Waals surface area contributed by atoms with Crippen molar-refractivity contribution < 1.29 is 24.6 Å². The van der Waals surface area contributed by atoms with Crippen molar-refractivity contribution in [1.29, 1.82) is 0 Å². The van der Waals surface area contributed by atoms with Gasteiger partial charge in [0.05, 0.1) is 40.1 Å². The number of aromatic hydroxyl groups is 1. The minimum absolute atomic E-state index is 0.0656. The fourth-order valence-corrected chi connectivity index (χ4v) is 13.0. The van der Waals surface area contributed by atoms with Crippen molar-refractivity contribution in [2.24, 2.45) is 5.41 Å². The summed E-state index contributed by atoms with van der Waals surface area (Å²) in [6.07, 6.45) is 10.0. The number of nitrogen functional groups attached to an aromatic ring is 1. The molecule has 4 saturated heterocycles. The zero-order chi connectivity index (χ0) is 52.4. The third kappa shape index (κ3) is 12.3. The Hall–Kier alpha value is -6.12. The molecule has 18 nitrogen and oxygen atoms in total. The zero-order valence-electron chi connectivity index (χ0n) is 43.7. The zero-order valence-corrected chi connectivity index (χ0v) is 44.5. The second-order valence-corrected chi connectivity index (χ2v) is 23.5. The molecule has 7 N–H and O–H groups in total. The first-order valence-corrected chi connectivity index (χ1v) is 27.7. The van der Waals surface area contributed by atoms with Crippen LogP contribution in [0.15, 0.2) is 72.5 Å². The highest BCUT2D eigenvalue weighted by molar-refractivity contribution is 7.13. The number of hydrogen-bond donors (Lipinski definition) is 6. The van der Waals surface area contributed by atoms with E-state index in [1.165, 1.54) is 5.56 Å². The lowest BCUT2D eigenvalue weighted by Crippen LogP contribution is -2.60. The molecule has 5 aliphatic rings. The number of phenolic OH excluding ortho intramolecular Hbond substituents is 1. The van der Waals surface area contributed by atoms with Crippen LogP contribution >= 0.6 is 11.3 Å². The molecule has 0 radical (unpaired) electrons. The summed E-state index contributed by atoms with van der Waals surface area (Å²) in [4.78, 5) is 65.3. The second kappa shape index (κ2) is 22.6. The number of para-hydroxylation sites is 1. The Morgan fingerprint density at radius 3 is 2.24 bits per heavy atom. The molecule has 2 aromatic carbocycles. The molecular weight excluding hydrogens is 967 g/mol. The molecule has 3 amide bonds. The molecule has 7 heterocycles. The van der Waals surface area contributed by atoms with Crippen molar-refractivity contribution in [3.63, 3.8) is 0 Å². The Kier molecular flexibility index (Phi) is 15.8. The topological polar surface area (TPSA) is 231 Å². The van der Waals surface area contributed by atoms with E-state index in [9.17, 15) is 24.6 Å². The number of rotatable bonds is 14. The molecule has 5 atom stereocenters. The van der Waals surface area contributed by atoms with E-state index in [-0.39, 0.29) is 61.0 Å². The van der Waals surface area contributed by atoms with Gasteiger partial charge in [-0.15, -0.1) is 21.5 Å². The molecule has 0 spiro atoms. The van der Waals surface area contributed by atoms with Crippen LogP contribution in [0.3, 0.4) is 0 Å². The number of benzene rings is 2. The van der Waals surface area contributed by atoms with Gasteiger partial charge in [-0.2, -0.15) is 0 Å². The SMILES string of the molecule is Cc1ncsc1-c1ccc(CNC(=O)C[C@@H]2C[C@@H](O)CN2C(=O)C(NC(=O)CN2CCN(C3CCC(c4cnc(C5CC6CN(c7cc(-c8ccccc8O)nnc7N)CC(C5)N6)nc4)CC3)CC2)C(C)(C)C)cc1. The molecule has 398 valence electrons. The summed E-state index contributed by atoms with van der Waals surface area (Å²) in [5, 5.41) is 39.6. The van der Waals surface area contributed by atoms with Crippen LogP contribution in [0, 0.1) is 12.3 Å². The second-order valence-electron chi connectivity index (χ2n) is 22.7. The maximum absolute atomic E-state index is 14.3. The van der Waals surface area contributed by atoms with Crippen LogP contribution < -0.4 is 26.6 Å². The van der Waals surface area contributed by atoms with Gasteiger partial charge < -0.3 is 41.7 Å². The number of phenols is 1. The van der Waals surface area contributed by atoms with Gasteiger partial charge in [0.1, 0.15) is 17.6 Å². The number of aryl methyl sites for hydroxylation is 1. The number of carbonyl (C=O) groups is 3. The fraction of sp³-hybridized carbons (Fsp3) is 0.536. The van der Waals surface area contributed by atoms with Gasteiger partial charge in [-0.1, -0.05) is 57.2 Å². The first kappa shape index (κ1) is 52.3. The summed E-state index contributed by atoms with van der Waals surface area (Å²) >= 11 is 1.60. The summed E-state index contributed by atoms with van der Waals surface area (Å²) in [6.45, 7) is 13.3. The average molecular weight is 1040 g/mol. The number of likely N-dealkylation sites (tertiary alicyclic amines) is 1. The summed E-state index contributed by atoms with van der Waals surface area (Å²) < 4.78 is 0. The highest BCUT2D eigenvalue weighted by Crippen LogP contribution is 2.39. The van der Waals surface area contributed by atoms with E-state index in [1.807, 2.05) is 75.7 Å². The third-order valence-electron chi connectivity index (χ3n) is 16.3. The van der Waals surface area contributed by atoms with Gasteiger partial charge in [0.2, 0.25) is 17.7 Å². The van der Waals surface area contributed by atoms with Gasteiger partial charge in [-0.05, 0) is 98.1 Å². The summed E-state index contributed by atoms with van der Waals surface area (Å²) in [5.41, 5.74) is 13.9. The Balaban J connectivity index is 0.652. The van der Waals surface area contributed by atoms with E-state index in [2.05, 4.69) is 58.2 Å². The van der Waals surface area contributed by atoms with Gasteiger partial charge in [0.25, 0.3) is 0 Å². The van der Waals surface area contributed by atoms with Crippen LogP contribution in [-0.2, 0) is 20.9 Å². The minimum atomic E-state index is -0.818. The monoisotopic (exact) mass is 1040 g/mol. The molecule has 3 aromatic heterocycles. The number of hydrogen-bond acceptors (Lipinski definition) is 16. The lowest BCUT2D eigenvalue weighted by Gasteiger charge is -2.46. The Labute approximate surface area is 443 Å². The van der Waals surface area contributed by atoms with Crippen molar-refractivity contribution >= 4 is 40.6 Å². The fourth-order valence-electron chi connectivity index (χ4n) is 12.2. The molecule has 1 aliphatic carbocycles. The molecule has 3 unspecified atom stereocenters. The van der Waals surface area contributed by atoms with Crippen LogP contribution in [0.1, 0.15) is 107 Å². The molecule has 1 saturated carbocycles. The number of carbonyl (C=O) groups excluding carboxylic acids is 3.